The van der Waals surface area contributed by atoms with E-state index in [0.29, 0.717) is 29.0 Å². The monoisotopic (exact) mass is 317 g/mol. The third kappa shape index (κ3) is 3.32. The first-order chi connectivity index (χ1) is 10.9. The molecule has 0 bridgehead atoms. The van der Waals surface area contributed by atoms with Crippen LogP contribution < -0.4 is 15.4 Å². The average molecular weight is 317 g/mol. The lowest BCUT2D eigenvalue weighted by Gasteiger charge is -2.21. The molecular weight excluding hydrogens is 294 g/mol. The Bertz CT molecular complexity index is 630. The highest BCUT2D eigenvalue weighted by molar-refractivity contribution is 5.99. The van der Waals surface area contributed by atoms with Gasteiger partial charge in [-0.3, -0.25) is 14.5 Å². The van der Waals surface area contributed by atoms with Crippen molar-refractivity contribution >= 4 is 17.5 Å². The zero-order chi connectivity index (χ0) is 16.6. The summed E-state index contributed by atoms with van der Waals surface area (Å²) in [6.45, 7) is 8.38. The number of carbonyl (C=O) groups excluding carboxylic acids is 2. The molecule has 1 aromatic rings. The topological polar surface area (TPSA) is 70.7 Å². The Morgan fingerprint density at radius 3 is 2.87 bits per heavy atom. The van der Waals surface area contributed by atoms with Crippen LogP contribution in [0.3, 0.4) is 0 Å². The summed E-state index contributed by atoms with van der Waals surface area (Å²) in [5.41, 5.74) is 1.09. The van der Waals surface area contributed by atoms with Gasteiger partial charge in [-0.2, -0.15) is 0 Å². The van der Waals surface area contributed by atoms with E-state index in [9.17, 15) is 9.59 Å². The second-order valence-electron chi connectivity index (χ2n) is 6.65. The van der Waals surface area contributed by atoms with Crippen LogP contribution in [0.15, 0.2) is 18.2 Å². The lowest BCUT2D eigenvalue weighted by molar-refractivity contribution is -0.118. The molecule has 124 valence electrons. The van der Waals surface area contributed by atoms with Crippen LogP contribution >= 0.6 is 0 Å². The van der Waals surface area contributed by atoms with E-state index >= 15 is 0 Å². The van der Waals surface area contributed by atoms with Crippen LogP contribution in [-0.2, 0) is 4.79 Å². The largest absolute Gasteiger partial charge is 0.482 e. The van der Waals surface area contributed by atoms with E-state index in [1.54, 1.807) is 18.2 Å². The van der Waals surface area contributed by atoms with Crippen molar-refractivity contribution in [3.8, 4) is 5.75 Å². The van der Waals surface area contributed by atoms with Gasteiger partial charge in [0.15, 0.2) is 6.61 Å². The second kappa shape index (κ2) is 6.20. The van der Waals surface area contributed by atoms with Crippen molar-refractivity contribution in [2.45, 2.75) is 32.9 Å². The summed E-state index contributed by atoms with van der Waals surface area (Å²) in [4.78, 5) is 26.3. The molecule has 2 atom stereocenters. The molecule has 2 N–H and O–H groups in total. The first-order valence-electron chi connectivity index (χ1n) is 8.05. The second-order valence-corrected chi connectivity index (χ2v) is 6.65. The summed E-state index contributed by atoms with van der Waals surface area (Å²) in [6, 6.07) is 5.75. The highest BCUT2D eigenvalue weighted by atomic mass is 16.5. The average Bonchev–Trinajstić information content (AvgIpc) is 2.87. The number of amides is 2. The number of nitrogens with one attached hydrogen (secondary N) is 2. The van der Waals surface area contributed by atoms with Gasteiger partial charge in [0.05, 0.1) is 5.69 Å². The van der Waals surface area contributed by atoms with Gasteiger partial charge in [-0.1, -0.05) is 6.92 Å². The molecule has 0 aliphatic carbocycles. The zero-order valence-corrected chi connectivity index (χ0v) is 13.8. The lowest BCUT2D eigenvalue weighted by Crippen LogP contribution is -2.40. The third-order valence-corrected chi connectivity index (χ3v) is 4.56. The van der Waals surface area contributed by atoms with E-state index in [4.69, 9.17) is 4.74 Å². The molecule has 0 saturated carbocycles. The molecule has 2 amide bonds. The first-order valence-corrected chi connectivity index (χ1v) is 8.05. The number of fused-ring (bicyclic) bond motifs is 1. The van der Waals surface area contributed by atoms with E-state index < -0.39 is 0 Å². The quantitative estimate of drug-likeness (QED) is 0.886. The fourth-order valence-electron chi connectivity index (χ4n) is 3.09. The summed E-state index contributed by atoms with van der Waals surface area (Å²) >= 11 is 0. The molecule has 0 radical (unpaired) electrons. The predicted octanol–water partition coefficient (Wildman–Crippen LogP) is 1.48. The van der Waals surface area contributed by atoms with Crippen molar-refractivity contribution in [2.24, 2.45) is 5.92 Å². The molecule has 3 rings (SSSR count). The smallest absolute Gasteiger partial charge is 0.262 e. The van der Waals surface area contributed by atoms with Gasteiger partial charge in [0.2, 0.25) is 0 Å². The fraction of sp³-hybridized carbons (Fsp3) is 0.529. The molecule has 2 heterocycles. The number of ether oxygens (including phenoxy) is 1. The fourth-order valence-corrected chi connectivity index (χ4v) is 3.09. The molecule has 0 spiro atoms. The Hall–Kier alpha value is -2.08. The minimum Gasteiger partial charge on any atom is -0.482 e. The lowest BCUT2D eigenvalue weighted by atomic mass is 10.1. The van der Waals surface area contributed by atoms with E-state index in [0.717, 1.165) is 13.1 Å². The molecule has 0 aromatic heterocycles. The van der Waals surface area contributed by atoms with Gasteiger partial charge in [0, 0.05) is 30.7 Å². The Morgan fingerprint density at radius 1 is 1.39 bits per heavy atom. The molecule has 6 heteroatoms. The summed E-state index contributed by atoms with van der Waals surface area (Å²) in [5, 5.41) is 5.84. The minimum absolute atomic E-state index is 0.0170. The van der Waals surface area contributed by atoms with Crippen molar-refractivity contribution < 1.29 is 14.3 Å². The zero-order valence-electron chi connectivity index (χ0n) is 13.8. The summed E-state index contributed by atoms with van der Waals surface area (Å²) in [7, 11) is 0. The van der Waals surface area contributed by atoms with Gasteiger partial charge in [0.1, 0.15) is 5.75 Å². The summed E-state index contributed by atoms with van der Waals surface area (Å²) < 4.78 is 5.31. The molecule has 6 nitrogen and oxygen atoms in total. The highest BCUT2D eigenvalue weighted by Crippen LogP contribution is 2.28. The number of hydrogen-bond donors (Lipinski definition) is 2. The molecule has 1 saturated heterocycles. The van der Waals surface area contributed by atoms with Gasteiger partial charge < -0.3 is 15.4 Å². The molecule has 0 unspecified atom stereocenters. The SMILES string of the molecule is CC(C)N1C[C@@H](C)[C@H](NC(=O)c2ccc3c(c2)NC(=O)CO3)C1. The third-order valence-electron chi connectivity index (χ3n) is 4.56. The molecule has 23 heavy (non-hydrogen) atoms. The maximum Gasteiger partial charge on any atom is 0.262 e. The van der Waals surface area contributed by atoms with Gasteiger partial charge in [-0.15, -0.1) is 0 Å². The molecule has 2 aliphatic heterocycles. The Morgan fingerprint density at radius 2 is 2.17 bits per heavy atom. The maximum atomic E-state index is 12.5. The number of anilines is 1. The predicted molar refractivity (Wildman–Crippen MR) is 87.7 cm³/mol. The number of likely N-dealkylation sites (tertiary alicyclic amines) is 1. The van der Waals surface area contributed by atoms with Crippen molar-refractivity contribution in [3.63, 3.8) is 0 Å². The summed E-state index contributed by atoms with van der Waals surface area (Å²) in [5.74, 6) is 0.700. The first kappa shape index (κ1) is 15.8. The number of carbonyl (C=O) groups is 2. The number of benzene rings is 1. The standard InChI is InChI=1S/C17H23N3O3/c1-10(2)20-7-11(3)14(8-20)19-17(22)12-4-5-15-13(6-12)18-16(21)9-23-15/h4-6,10-11,14H,7-9H2,1-3H3,(H,18,21)(H,19,22)/t11-,14-/m1/s1. The Kier molecular flexibility index (Phi) is 4.26. The maximum absolute atomic E-state index is 12.5. The number of hydrogen-bond acceptors (Lipinski definition) is 4. The number of rotatable bonds is 3. The van der Waals surface area contributed by atoms with Crippen molar-refractivity contribution in [3.05, 3.63) is 23.8 Å². The van der Waals surface area contributed by atoms with Gasteiger partial charge in [0.25, 0.3) is 11.8 Å². The van der Waals surface area contributed by atoms with Crippen LogP contribution in [-0.4, -0.2) is 48.5 Å². The van der Waals surface area contributed by atoms with E-state index in [1.165, 1.54) is 0 Å². The molecule has 1 fully saturated rings. The van der Waals surface area contributed by atoms with Crippen LogP contribution in [0, 0.1) is 5.92 Å². The van der Waals surface area contributed by atoms with Crippen LogP contribution in [0.25, 0.3) is 0 Å². The van der Waals surface area contributed by atoms with E-state index in [2.05, 4.69) is 36.3 Å². The van der Waals surface area contributed by atoms with Crippen LogP contribution in [0.1, 0.15) is 31.1 Å². The number of nitrogens with zero attached hydrogens (tertiary/aromatic N) is 1. The van der Waals surface area contributed by atoms with Gasteiger partial charge >= 0.3 is 0 Å². The van der Waals surface area contributed by atoms with Crippen LogP contribution in [0.5, 0.6) is 5.75 Å². The normalized spacial score (nSPS) is 24.1. The van der Waals surface area contributed by atoms with Crippen molar-refractivity contribution in [1.82, 2.24) is 10.2 Å². The molecular formula is C17H23N3O3. The van der Waals surface area contributed by atoms with Crippen molar-refractivity contribution in [1.29, 1.82) is 0 Å². The van der Waals surface area contributed by atoms with Crippen molar-refractivity contribution in [2.75, 3.05) is 25.0 Å². The summed E-state index contributed by atoms with van der Waals surface area (Å²) in [6.07, 6.45) is 0. The van der Waals surface area contributed by atoms with Gasteiger partial charge in [-0.25, -0.2) is 0 Å². The van der Waals surface area contributed by atoms with Gasteiger partial charge in [-0.05, 0) is 38.0 Å². The van der Waals surface area contributed by atoms with E-state index in [1.807, 2.05) is 0 Å². The highest BCUT2D eigenvalue weighted by Gasteiger charge is 2.32. The van der Waals surface area contributed by atoms with E-state index in [-0.39, 0.29) is 24.5 Å². The van der Waals surface area contributed by atoms with Crippen LogP contribution in [0.4, 0.5) is 5.69 Å². The minimum atomic E-state index is -0.202. The molecule has 2 aliphatic rings. The Balaban J connectivity index is 1.69. The van der Waals surface area contributed by atoms with Crippen LogP contribution in [0.2, 0.25) is 0 Å². The Labute approximate surface area is 136 Å². The molecule has 1 aromatic carbocycles.